The number of rotatable bonds is 10. The van der Waals surface area contributed by atoms with Gasteiger partial charge in [0.2, 0.25) is 5.13 Å². The number of benzene rings is 2. The van der Waals surface area contributed by atoms with Crippen LogP contribution >= 0.6 is 22.7 Å². The molecule has 0 saturated heterocycles. The Morgan fingerprint density at radius 3 is 2.09 bits per heavy atom. The summed E-state index contributed by atoms with van der Waals surface area (Å²) in [4.78, 5) is 7.79. The van der Waals surface area contributed by atoms with E-state index in [-0.39, 0.29) is 0 Å². The van der Waals surface area contributed by atoms with E-state index in [4.69, 9.17) is 0 Å². The Labute approximate surface area is 202 Å². The van der Waals surface area contributed by atoms with Crippen LogP contribution in [0.5, 0.6) is 0 Å². The third-order valence-corrected chi connectivity index (χ3v) is 7.24. The summed E-state index contributed by atoms with van der Waals surface area (Å²) in [6, 6.07) is 18.5. The fourth-order valence-corrected chi connectivity index (χ4v) is 5.29. The summed E-state index contributed by atoms with van der Waals surface area (Å²) >= 11 is 3.03. The average molecular weight is 477 g/mol. The van der Waals surface area contributed by atoms with Crippen molar-refractivity contribution >= 4 is 59.4 Å². The van der Waals surface area contributed by atoms with E-state index in [0.29, 0.717) is 5.13 Å². The zero-order valence-corrected chi connectivity index (χ0v) is 20.9. The van der Waals surface area contributed by atoms with Gasteiger partial charge in [-0.25, -0.2) is 4.98 Å². The molecule has 2 aromatic carbocycles. The maximum Gasteiger partial charge on any atom is 0.231 e. The number of fused-ring (bicyclic) bond motifs is 1. The first-order chi connectivity index (χ1) is 16.2. The third kappa shape index (κ3) is 6.09. The number of hydrogen-bond acceptors (Lipinski definition) is 8. The van der Waals surface area contributed by atoms with E-state index < -0.39 is 0 Å². The number of aromatic nitrogens is 1. The molecule has 0 spiro atoms. The highest BCUT2D eigenvalue weighted by molar-refractivity contribution is 7.30. The van der Waals surface area contributed by atoms with Gasteiger partial charge in [-0.15, -0.1) is 20.5 Å². The summed E-state index contributed by atoms with van der Waals surface area (Å²) in [5.74, 6) is 0. The van der Waals surface area contributed by atoms with Crippen LogP contribution in [-0.2, 0) is 6.42 Å². The fourth-order valence-electron chi connectivity index (χ4n) is 3.44. The Kier molecular flexibility index (Phi) is 7.91. The van der Waals surface area contributed by atoms with E-state index in [1.165, 1.54) is 46.8 Å². The Morgan fingerprint density at radius 1 is 0.788 bits per heavy atom. The molecule has 0 unspecified atom stereocenters. The first kappa shape index (κ1) is 23.2. The summed E-state index contributed by atoms with van der Waals surface area (Å²) in [6.07, 6.45) is 3.53. The van der Waals surface area contributed by atoms with Crippen LogP contribution in [0, 0.1) is 0 Å². The van der Waals surface area contributed by atoms with Crippen LogP contribution in [0.15, 0.2) is 75.1 Å². The number of thiophene rings is 1. The Bertz CT molecular complexity index is 1190. The second kappa shape index (κ2) is 11.2. The van der Waals surface area contributed by atoms with Gasteiger partial charge < -0.3 is 4.90 Å². The highest BCUT2D eigenvalue weighted by Crippen LogP contribution is 2.39. The molecule has 4 aromatic rings. The van der Waals surface area contributed by atoms with E-state index in [0.717, 1.165) is 45.4 Å². The van der Waals surface area contributed by atoms with E-state index in [9.17, 15) is 0 Å². The number of azo groups is 2. The summed E-state index contributed by atoms with van der Waals surface area (Å²) < 4.78 is 1.05. The molecule has 0 aliphatic rings. The minimum atomic E-state index is 0.648. The lowest BCUT2D eigenvalue weighted by Crippen LogP contribution is -2.21. The predicted molar refractivity (Wildman–Crippen MR) is 141 cm³/mol. The maximum absolute atomic E-state index is 4.58. The van der Waals surface area contributed by atoms with Crippen molar-refractivity contribution in [1.82, 2.24) is 4.98 Å². The van der Waals surface area contributed by atoms with Gasteiger partial charge in [0.25, 0.3) is 0 Å². The van der Waals surface area contributed by atoms with Gasteiger partial charge in [0.15, 0.2) is 0 Å². The predicted octanol–water partition coefficient (Wildman–Crippen LogP) is 9.38. The number of aryl methyl sites for hydroxylation is 1. The van der Waals surface area contributed by atoms with Gasteiger partial charge in [0, 0.05) is 18.8 Å². The van der Waals surface area contributed by atoms with E-state index in [1.807, 2.05) is 30.3 Å². The molecule has 2 heterocycles. The van der Waals surface area contributed by atoms with Crippen LogP contribution in [0.2, 0.25) is 0 Å². The monoisotopic (exact) mass is 476 g/mol. The van der Waals surface area contributed by atoms with Gasteiger partial charge in [-0.1, -0.05) is 48.2 Å². The molecule has 0 bridgehead atoms. The van der Waals surface area contributed by atoms with Crippen LogP contribution in [0.3, 0.4) is 0 Å². The zero-order valence-electron chi connectivity index (χ0n) is 19.2. The minimum absolute atomic E-state index is 0.648. The second-order valence-electron chi connectivity index (χ2n) is 7.61. The summed E-state index contributed by atoms with van der Waals surface area (Å²) in [7, 11) is 0. The van der Waals surface area contributed by atoms with Crippen molar-refractivity contribution in [2.24, 2.45) is 20.5 Å². The van der Waals surface area contributed by atoms with Gasteiger partial charge >= 0.3 is 0 Å². The first-order valence-electron chi connectivity index (χ1n) is 11.4. The molecule has 4 rings (SSSR count). The smallest absolute Gasteiger partial charge is 0.231 e. The highest BCUT2D eigenvalue weighted by atomic mass is 32.1. The SMILES string of the molecule is CCCCc1ccc(N=Nc2cc3sc(N=Nc4ccc(N(CC)CC)cc4)nc3s2)cc1. The number of hydrogen-bond donors (Lipinski definition) is 0. The van der Waals surface area contributed by atoms with Crippen LogP contribution in [0.4, 0.5) is 27.2 Å². The minimum Gasteiger partial charge on any atom is -0.372 e. The summed E-state index contributed by atoms with van der Waals surface area (Å²) in [6.45, 7) is 8.49. The molecule has 0 N–H and O–H groups in total. The number of nitrogens with zero attached hydrogens (tertiary/aromatic N) is 6. The van der Waals surface area contributed by atoms with Crippen molar-refractivity contribution in [2.75, 3.05) is 18.0 Å². The number of unbranched alkanes of at least 4 members (excludes halogenated alkanes) is 1. The second-order valence-corrected chi connectivity index (χ2v) is 9.63. The fraction of sp³-hybridized carbons (Fsp3) is 0.320. The quantitative estimate of drug-likeness (QED) is 0.214. The highest BCUT2D eigenvalue weighted by Gasteiger charge is 2.08. The molecule has 170 valence electrons. The largest absolute Gasteiger partial charge is 0.372 e. The molecule has 0 radical (unpaired) electrons. The molecule has 0 aliphatic carbocycles. The van der Waals surface area contributed by atoms with Crippen molar-refractivity contribution in [1.29, 1.82) is 0 Å². The summed E-state index contributed by atoms with van der Waals surface area (Å²) in [5.41, 5.74) is 4.22. The third-order valence-electron chi connectivity index (χ3n) is 5.31. The standard InChI is InChI=1S/C25H28N6S2/c1-4-7-8-18-9-11-19(12-10-18)27-29-23-17-22-24(33-23)26-25(32-22)30-28-20-13-15-21(16-14-20)31(5-2)6-3/h9-17H,4-8H2,1-3H3. The Morgan fingerprint density at radius 2 is 1.45 bits per heavy atom. The normalized spacial score (nSPS) is 11.8. The topological polar surface area (TPSA) is 65.6 Å². The molecular weight excluding hydrogens is 448 g/mol. The van der Waals surface area contributed by atoms with Crippen molar-refractivity contribution in [2.45, 2.75) is 40.0 Å². The lowest BCUT2D eigenvalue weighted by atomic mass is 10.1. The van der Waals surface area contributed by atoms with Crippen LogP contribution < -0.4 is 4.90 Å². The van der Waals surface area contributed by atoms with E-state index >= 15 is 0 Å². The number of thiazole rings is 1. The molecule has 6 nitrogen and oxygen atoms in total. The molecule has 33 heavy (non-hydrogen) atoms. The Balaban J connectivity index is 1.39. The van der Waals surface area contributed by atoms with Crippen LogP contribution in [-0.4, -0.2) is 18.1 Å². The van der Waals surface area contributed by atoms with Crippen LogP contribution in [0.25, 0.3) is 9.53 Å². The molecule has 0 aliphatic heterocycles. The summed E-state index contributed by atoms with van der Waals surface area (Å²) in [5, 5.41) is 18.9. The van der Waals surface area contributed by atoms with Gasteiger partial charge in [-0.2, -0.15) is 0 Å². The first-order valence-corrected chi connectivity index (χ1v) is 13.0. The van der Waals surface area contributed by atoms with Gasteiger partial charge in [-0.3, -0.25) is 0 Å². The molecule has 2 aromatic heterocycles. The van der Waals surface area contributed by atoms with E-state index in [2.05, 4.69) is 75.4 Å². The molecular formula is C25H28N6S2. The lowest BCUT2D eigenvalue weighted by Gasteiger charge is -2.20. The molecule has 0 fully saturated rings. The van der Waals surface area contributed by atoms with Gasteiger partial charge in [-0.05, 0) is 74.7 Å². The van der Waals surface area contributed by atoms with Gasteiger partial charge in [0.05, 0.1) is 16.1 Å². The van der Waals surface area contributed by atoms with Crippen molar-refractivity contribution < 1.29 is 0 Å². The zero-order chi connectivity index (χ0) is 23.0. The molecule has 8 heteroatoms. The van der Waals surface area contributed by atoms with Gasteiger partial charge in [0.1, 0.15) is 9.83 Å². The Hall–Kier alpha value is -2.97. The van der Waals surface area contributed by atoms with Crippen molar-refractivity contribution in [3.63, 3.8) is 0 Å². The lowest BCUT2D eigenvalue weighted by molar-refractivity contribution is 0.795. The average Bonchev–Trinajstić information content (AvgIpc) is 3.41. The molecule has 0 amide bonds. The van der Waals surface area contributed by atoms with Crippen molar-refractivity contribution in [3.05, 3.63) is 60.2 Å². The number of anilines is 1. The molecule has 0 saturated carbocycles. The maximum atomic E-state index is 4.58. The van der Waals surface area contributed by atoms with Crippen LogP contribution in [0.1, 0.15) is 39.2 Å². The van der Waals surface area contributed by atoms with E-state index in [1.54, 1.807) is 0 Å². The van der Waals surface area contributed by atoms with Crippen molar-refractivity contribution in [3.8, 4) is 0 Å². The molecule has 0 atom stereocenters.